The Kier molecular flexibility index (Phi) is 2.71. The van der Waals surface area contributed by atoms with Crippen molar-refractivity contribution in [3.05, 3.63) is 27.4 Å². The molecule has 0 radical (unpaired) electrons. The highest BCUT2D eigenvalue weighted by molar-refractivity contribution is 9.11. The number of hydrogen-bond donors (Lipinski definition) is 2. The minimum atomic E-state index is 0.452. The number of rotatable bonds is 2. The number of imidazole rings is 1. The topological polar surface area (TPSA) is 54.7 Å². The van der Waals surface area contributed by atoms with Crippen molar-refractivity contribution in [1.82, 2.24) is 9.97 Å². The van der Waals surface area contributed by atoms with Crippen LogP contribution in [0.2, 0.25) is 0 Å². The molecule has 5 heteroatoms. The first kappa shape index (κ1) is 9.89. The van der Waals surface area contributed by atoms with Crippen molar-refractivity contribution < 1.29 is 0 Å². The van der Waals surface area contributed by atoms with Gasteiger partial charge in [0, 0.05) is 5.69 Å². The van der Waals surface area contributed by atoms with Crippen LogP contribution in [0.15, 0.2) is 15.9 Å². The summed E-state index contributed by atoms with van der Waals surface area (Å²) >= 11 is 5.11. The number of halogens is 1. The van der Waals surface area contributed by atoms with Crippen molar-refractivity contribution in [3.63, 3.8) is 0 Å². The second-order valence-electron chi connectivity index (χ2n) is 2.96. The number of H-pyrrole nitrogens is 1. The molecule has 14 heavy (non-hydrogen) atoms. The molecule has 2 aromatic rings. The molecule has 74 valence electrons. The molecule has 0 unspecified atom stereocenters. The van der Waals surface area contributed by atoms with E-state index in [-0.39, 0.29) is 0 Å². The molecule has 0 aliphatic carbocycles. The molecule has 0 fully saturated rings. The smallest absolute Gasteiger partial charge is 0.120 e. The molecule has 0 saturated heterocycles. The van der Waals surface area contributed by atoms with Gasteiger partial charge in [-0.25, -0.2) is 4.98 Å². The fraction of sp³-hybridized carbons (Fsp3) is 0.222. The molecular formula is C9H10BrN3S. The van der Waals surface area contributed by atoms with E-state index in [9.17, 15) is 0 Å². The minimum Gasteiger partial charge on any atom is -0.344 e. The Morgan fingerprint density at radius 3 is 2.86 bits per heavy atom. The van der Waals surface area contributed by atoms with Gasteiger partial charge in [0.1, 0.15) is 11.5 Å². The normalized spacial score (nSPS) is 10.8. The molecule has 2 aromatic heterocycles. The summed E-state index contributed by atoms with van der Waals surface area (Å²) in [6.07, 6.45) is 0. The van der Waals surface area contributed by atoms with E-state index in [0.29, 0.717) is 6.54 Å². The third kappa shape index (κ3) is 1.75. The van der Waals surface area contributed by atoms with Crippen LogP contribution in [-0.4, -0.2) is 9.97 Å². The Hall–Kier alpha value is -0.650. The number of hydrogen-bond acceptors (Lipinski definition) is 3. The van der Waals surface area contributed by atoms with Gasteiger partial charge in [-0.05, 0) is 35.0 Å². The summed E-state index contributed by atoms with van der Waals surface area (Å²) in [6.45, 7) is 2.46. The van der Waals surface area contributed by atoms with E-state index in [2.05, 4.69) is 32.0 Å². The monoisotopic (exact) mass is 271 g/mol. The molecule has 0 atom stereocenters. The van der Waals surface area contributed by atoms with E-state index < -0.39 is 0 Å². The Morgan fingerprint density at radius 2 is 2.36 bits per heavy atom. The van der Waals surface area contributed by atoms with E-state index in [1.807, 2.05) is 13.0 Å². The number of nitrogens with two attached hydrogens (primary N) is 1. The Labute approximate surface area is 94.5 Å². The number of aryl methyl sites for hydroxylation is 1. The van der Waals surface area contributed by atoms with E-state index in [1.54, 1.807) is 11.3 Å². The molecule has 2 heterocycles. The van der Waals surface area contributed by atoms with Gasteiger partial charge in [-0.3, -0.25) is 0 Å². The summed E-state index contributed by atoms with van der Waals surface area (Å²) in [5.74, 6) is 0.835. The number of aromatic amines is 1. The second-order valence-corrected chi connectivity index (χ2v) is 5.43. The summed E-state index contributed by atoms with van der Waals surface area (Å²) in [5.41, 5.74) is 7.59. The van der Waals surface area contributed by atoms with Crippen molar-refractivity contribution in [2.75, 3.05) is 0 Å². The third-order valence-corrected chi connectivity index (χ3v) is 3.56. The zero-order valence-electron chi connectivity index (χ0n) is 7.67. The maximum absolute atomic E-state index is 5.52. The van der Waals surface area contributed by atoms with Crippen LogP contribution in [0.5, 0.6) is 0 Å². The highest BCUT2D eigenvalue weighted by Gasteiger charge is 2.09. The lowest BCUT2D eigenvalue weighted by molar-refractivity contribution is 0.944. The number of aromatic nitrogens is 2. The molecule has 2 rings (SSSR count). The summed E-state index contributed by atoms with van der Waals surface area (Å²) in [4.78, 5) is 8.74. The van der Waals surface area contributed by atoms with Crippen molar-refractivity contribution in [1.29, 1.82) is 0 Å². The standard InChI is InChI=1S/C9H10BrN3S/c1-5-9(13-8(4-11)12-5)6-2-3-7(10)14-6/h2-3H,4,11H2,1H3,(H,12,13). The maximum Gasteiger partial charge on any atom is 0.120 e. The van der Waals surface area contributed by atoms with Gasteiger partial charge < -0.3 is 10.7 Å². The lowest BCUT2D eigenvalue weighted by Crippen LogP contribution is -1.97. The number of nitrogens with zero attached hydrogens (tertiary/aromatic N) is 1. The molecule has 0 amide bonds. The van der Waals surface area contributed by atoms with Gasteiger partial charge in [-0.15, -0.1) is 11.3 Å². The third-order valence-electron chi connectivity index (χ3n) is 1.93. The molecule has 3 N–H and O–H groups in total. The average Bonchev–Trinajstić information content (AvgIpc) is 2.71. The SMILES string of the molecule is Cc1[nH]c(CN)nc1-c1ccc(Br)s1. The van der Waals surface area contributed by atoms with Crippen LogP contribution < -0.4 is 5.73 Å². The van der Waals surface area contributed by atoms with Gasteiger partial charge in [0.15, 0.2) is 0 Å². The van der Waals surface area contributed by atoms with E-state index in [4.69, 9.17) is 5.73 Å². The van der Waals surface area contributed by atoms with Gasteiger partial charge in [-0.2, -0.15) is 0 Å². The molecule has 0 aliphatic rings. The predicted molar refractivity (Wildman–Crippen MR) is 62.2 cm³/mol. The molecule has 0 aliphatic heterocycles. The largest absolute Gasteiger partial charge is 0.344 e. The van der Waals surface area contributed by atoms with Crippen LogP contribution in [0.25, 0.3) is 10.6 Å². The van der Waals surface area contributed by atoms with Crippen molar-refractivity contribution in [2.45, 2.75) is 13.5 Å². The summed E-state index contributed by atoms with van der Waals surface area (Å²) in [5, 5.41) is 0. The van der Waals surface area contributed by atoms with Gasteiger partial charge in [0.05, 0.1) is 15.2 Å². The number of nitrogens with one attached hydrogen (secondary N) is 1. The Bertz CT molecular complexity index is 447. The predicted octanol–water partition coefficient (Wildman–Crippen LogP) is 2.67. The zero-order chi connectivity index (χ0) is 10.1. The molecule has 0 saturated carbocycles. The van der Waals surface area contributed by atoms with Crippen LogP contribution in [0.3, 0.4) is 0 Å². The fourth-order valence-corrected chi connectivity index (χ4v) is 2.73. The van der Waals surface area contributed by atoms with Crippen molar-refractivity contribution >= 4 is 27.3 Å². The van der Waals surface area contributed by atoms with Crippen molar-refractivity contribution in [3.8, 4) is 10.6 Å². The fourth-order valence-electron chi connectivity index (χ4n) is 1.30. The summed E-state index contributed by atoms with van der Waals surface area (Å²) < 4.78 is 1.11. The van der Waals surface area contributed by atoms with Crippen LogP contribution >= 0.6 is 27.3 Å². The zero-order valence-corrected chi connectivity index (χ0v) is 10.1. The first-order chi connectivity index (χ1) is 6.70. The maximum atomic E-state index is 5.52. The van der Waals surface area contributed by atoms with E-state index in [1.165, 1.54) is 0 Å². The van der Waals surface area contributed by atoms with E-state index >= 15 is 0 Å². The van der Waals surface area contributed by atoms with Crippen LogP contribution in [0.4, 0.5) is 0 Å². The lowest BCUT2D eigenvalue weighted by atomic mass is 10.3. The summed E-state index contributed by atoms with van der Waals surface area (Å²) in [6, 6.07) is 4.08. The number of thiophene rings is 1. The van der Waals surface area contributed by atoms with Crippen LogP contribution in [0.1, 0.15) is 11.5 Å². The van der Waals surface area contributed by atoms with Gasteiger partial charge in [0.2, 0.25) is 0 Å². The first-order valence-corrected chi connectivity index (χ1v) is 5.83. The molecule has 3 nitrogen and oxygen atoms in total. The summed E-state index contributed by atoms with van der Waals surface area (Å²) in [7, 11) is 0. The Morgan fingerprint density at radius 1 is 1.57 bits per heavy atom. The minimum absolute atomic E-state index is 0.452. The van der Waals surface area contributed by atoms with Crippen LogP contribution in [-0.2, 0) is 6.54 Å². The first-order valence-electron chi connectivity index (χ1n) is 4.22. The molecular weight excluding hydrogens is 262 g/mol. The molecule has 0 spiro atoms. The van der Waals surface area contributed by atoms with Crippen LogP contribution in [0, 0.1) is 6.92 Å². The highest BCUT2D eigenvalue weighted by Crippen LogP contribution is 2.31. The van der Waals surface area contributed by atoms with Gasteiger partial charge in [0.25, 0.3) is 0 Å². The van der Waals surface area contributed by atoms with Gasteiger partial charge >= 0.3 is 0 Å². The molecule has 0 bridgehead atoms. The Balaban J connectivity index is 2.45. The second kappa shape index (κ2) is 3.84. The highest BCUT2D eigenvalue weighted by atomic mass is 79.9. The molecule has 0 aromatic carbocycles. The average molecular weight is 272 g/mol. The van der Waals surface area contributed by atoms with E-state index in [0.717, 1.165) is 25.9 Å². The van der Waals surface area contributed by atoms with Gasteiger partial charge in [-0.1, -0.05) is 0 Å². The lowest BCUT2D eigenvalue weighted by Gasteiger charge is -1.90. The quantitative estimate of drug-likeness (QED) is 0.883. The van der Waals surface area contributed by atoms with Crippen molar-refractivity contribution in [2.24, 2.45) is 5.73 Å².